The molecule has 0 saturated heterocycles. The molecule has 0 fully saturated rings. The summed E-state index contributed by atoms with van der Waals surface area (Å²) in [7, 11) is 0. The molecule has 0 bridgehead atoms. The van der Waals surface area contributed by atoms with Crippen molar-refractivity contribution in [3.05, 3.63) is 23.9 Å². The van der Waals surface area contributed by atoms with E-state index in [9.17, 15) is 0 Å². The highest BCUT2D eigenvalue weighted by molar-refractivity contribution is 5.43. The van der Waals surface area contributed by atoms with Crippen LogP contribution in [-0.4, -0.2) is 29.5 Å². The summed E-state index contributed by atoms with van der Waals surface area (Å²) in [5, 5.41) is 11.9. The molecule has 1 rings (SSSR count). The number of nitrogens with one attached hydrogen (secondary N) is 1. The molecule has 0 aliphatic carbocycles. The van der Waals surface area contributed by atoms with Gasteiger partial charge in [-0.2, -0.15) is 5.26 Å². The number of aromatic nitrogens is 1. The smallest absolute Gasteiger partial charge is 0.130 e. The second-order valence-electron chi connectivity index (χ2n) is 3.82. The van der Waals surface area contributed by atoms with Crippen LogP contribution >= 0.6 is 0 Å². The fourth-order valence-corrected chi connectivity index (χ4v) is 1.69. The molecule has 0 aromatic carbocycles. The zero-order chi connectivity index (χ0) is 12.5. The number of hydrogen-bond acceptors (Lipinski definition) is 4. The summed E-state index contributed by atoms with van der Waals surface area (Å²) < 4.78 is 0. The van der Waals surface area contributed by atoms with Gasteiger partial charge in [0.15, 0.2) is 0 Å². The minimum Gasteiger partial charge on any atom is -0.370 e. The number of anilines is 1. The molecule has 0 amide bonds. The van der Waals surface area contributed by atoms with Crippen LogP contribution in [0.1, 0.15) is 25.8 Å². The van der Waals surface area contributed by atoms with Gasteiger partial charge >= 0.3 is 0 Å². The van der Waals surface area contributed by atoms with Crippen LogP contribution in [0.3, 0.4) is 0 Å². The number of hydrogen-bond donors (Lipinski definition) is 1. The van der Waals surface area contributed by atoms with Gasteiger partial charge < -0.3 is 5.32 Å². The van der Waals surface area contributed by atoms with Crippen molar-refractivity contribution < 1.29 is 0 Å². The Kier molecular flexibility index (Phi) is 6.05. The van der Waals surface area contributed by atoms with Crippen LogP contribution in [0.2, 0.25) is 0 Å². The van der Waals surface area contributed by atoms with Crippen molar-refractivity contribution in [2.45, 2.75) is 26.8 Å². The van der Waals surface area contributed by atoms with Gasteiger partial charge in [-0.1, -0.05) is 13.0 Å². The van der Waals surface area contributed by atoms with Crippen molar-refractivity contribution in [1.82, 2.24) is 9.88 Å². The first kappa shape index (κ1) is 13.5. The third kappa shape index (κ3) is 4.41. The first-order chi connectivity index (χ1) is 8.31. The Hall–Kier alpha value is -1.60. The van der Waals surface area contributed by atoms with E-state index < -0.39 is 0 Å². The van der Waals surface area contributed by atoms with Gasteiger partial charge in [-0.3, -0.25) is 4.90 Å². The number of rotatable bonds is 7. The van der Waals surface area contributed by atoms with Crippen molar-refractivity contribution >= 4 is 5.82 Å². The predicted molar refractivity (Wildman–Crippen MR) is 69.6 cm³/mol. The van der Waals surface area contributed by atoms with E-state index in [2.05, 4.69) is 41.2 Å². The Labute approximate surface area is 103 Å². The molecule has 1 aromatic rings. The van der Waals surface area contributed by atoms with Gasteiger partial charge in [-0.15, -0.1) is 0 Å². The maximum absolute atomic E-state index is 8.61. The molecule has 0 aliphatic rings. The lowest BCUT2D eigenvalue weighted by Gasteiger charge is -2.20. The maximum atomic E-state index is 8.61. The molecule has 0 aliphatic heterocycles. The van der Waals surface area contributed by atoms with E-state index in [4.69, 9.17) is 5.26 Å². The molecule has 4 nitrogen and oxygen atoms in total. The number of nitriles is 1. The van der Waals surface area contributed by atoms with Crippen LogP contribution < -0.4 is 5.32 Å². The summed E-state index contributed by atoms with van der Waals surface area (Å²) in [6, 6.07) is 6.22. The lowest BCUT2D eigenvalue weighted by atomic mass is 10.2. The Balaban J connectivity index is 2.68. The third-order valence-corrected chi connectivity index (χ3v) is 2.62. The van der Waals surface area contributed by atoms with Crippen LogP contribution in [0.5, 0.6) is 0 Å². The van der Waals surface area contributed by atoms with E-state index in [1.54, 1.807) is 6.20 Å². The van der Waals surface area contributed by atoms with Crippen molar-refractivity contribution in [2.24, 2.45) is 0 Å². The summed E-state index contributed by atoms with van der Waals surface area (Å²) in [6.45, 7) is 7.64. The van der Waals surface area contributed by atoms with Gasteiger partial charge in [-0.25, -0.2) is 4.98 Å². The Morgan fingerprint density at radius 1 is 1.47 bits per heavy atom. The van der Waals surface area contributed by atoms with E-state index in [0.29, 0.717) is 6.42 Å². The van der Waals surface area contributed by atoms with E-state index in [1.165, 1.54) is 5.56 Å². The average Bonchev–Trinajstić information content (AvgIpc) is 2.36. The van der Waals surface area contributed by atoms with Crippen LogP contribution in [-0.2, 0) is 6.54 Å². The Morgan fingerprint density at radius 3 is 2.94 bits per heavy atom. The molecule has 1 aromatic heterocycles. The average molecular weight is 232 g/mol. The predicted octanol–water partition coefficient (Wildman–Crippen LogP) is 2.25. The molecule has 0 saturated carbocycles. The van der Waals surface area contributed by atoms with Crippen molar-refractivity contribution in [3.8, 4) is 6.07 Å². The van der Waals surface area contributed by atoms with Crippen molar-refractivity contribution in [1.29, 1.82) is 5.26 Å². The van der Waals surface area contributed by atoms with Gasteiger partial charge in [0.25, 0.3) is 0 Å². The highest BCUT2D eigenvalue weighted by Gasteiger charge is 2.07. The van der Waals surface area contributed by atoms with Crippen molar-refractivity contribution in [3.63, 3.8) is 0 Å². The second kappa shape index (κ2) is 7.64. The summed E-state index contributed by atoms with van der Waals surface area (Å²) >= 11 is 0. The summed E-state index contributed by atoms with van der Waals surface area (Å²) in [6.07, 6.45) is 2.37. The number of pyridine rings is 1. The minimum absolute atomic E-state index is 0.574. The summed E-state index contributed by atoms with van der Waals surface area (Å²) in [5.74, 6) is 0.949. The Morgan fingerprint density at radius 2 is 2.29 bits per heavy atom. The van der Waals surface area contributed by atoms with Gasteiger partial charge in [0.05, 0.1) is 6.07 Å². The molecule has 1 N–H and O–H groups in total. The molecule has 92 valence electrons. The topological polar surface area (TPSA) is 52.0 Å². The number of nitrogens with zero attached hydrogens (tertiary/aromatic N) is 3. The van der Waals surface area contributed by atoms with Crippen LogP contribution in [0.15, 0.2) is 18.3 Å². The van der Waals surface area contributed by atoms with E-state index in [0.717, 1.165) is 32.0 Å². The van der Waals surface area contributed by atoms with Crippen LogP contribution in [0.25, 0.3) is 0 Å². The fraction of sp³-hybridized carbons (Fsp3) is 0.538. The minimum atomic E-state index is 0.574. The monoisotopic (exact) mass is 232 g/mol. The molecule has 0 unspecified atom stereocenters. The molecule has 4 heteroatoms. The quantitative estimate of drug-likeness (QED) is 0.783. The standard InChI is InChI=1S/C13H20N4/c1-3-15-13-12(7-5-9-16-13)11-17(4-2)10-6-8-14/h5,7,9H,3-4,6,10-11H2,1-2H3,(H,15,16). The highest BCUT2D eigenvalue weighted by Crippen LogP contribution is 2.14. The van der Waals surface area contributed by atoms with Gasteiger partial charge in [0.1, 0.15) is 5.82 Å². The maximum Gasteiger partial charge on any atom is 0.130 e. The van der Waals surface area contributed by atoms with Crippen LogP contribution in [0.4, 0.5) is 5.82 Å². The molecule has 0 spiro atoms. The Bertz CT molecular complexity index is 370. The van der Waals surface area contributed by atoms with E-state index >= 15 is 0 Å². The summed E-state index contributed by atoms with van der Waals surface area (Å²) in [4.78, 5) is 6.58. The van der Waals surface area contributed by atoms with Crippen molar-refractivity contribution in [2.75, 3.05) is 25.0 Å². The largest absolute Gasteiger partial charge is 0.370 e. The molecule has 0 radical (unpaired) electrons. The lowest BCUT2D eigenvalue weighted by Crippen LogP contribution is -2.24. The molecular formula is C13H20N4. The molecule has 0 atom stereocenters. The zero-order valence-corrected chi connectivity index (χ0v) is 10.6. The van der Waals surface area contributed by atoms with Crippen LogP contribution in [0, 0.1) is 11.3 Å². The summed E-state index contributed by atoms with van der Waals surface area (Å²) in [5.41, 5.74) is 1.19. The highest BCUT2D eigenvalue weighted by atomic mass is 15.1. The molecular weight excluding hydrogens is 212 g/mol. The van der Waals surface area contributed by atoms with E-state index in [1.807, 2.05) is 6.07 Å². The lowest BCUT2D eigenvalue weighted by molar-refractivity contribution is 0.287. The second-order valence-corrected chi connectivity index (χ2v) is 3.82. The normalized spacial score (nSPS) is 10.2. The zero-order valence-electron chi connectivity index (χ0n) is 10.6. The first-order valence-corrected chi connectivity index (χ1v) is 6.08. The SMILES string of the molecule is CCNc1ncccc1CN(CC)CCC#N. The van der Waals surface area contributed by atoms with Gasteiger partial charge in [0, 0.05) is 37.8 Å². The van der Waals surface area contributed by atoms with Gasteiger partial charge in [-0.05, 0) is 19.5 Å². The molecule has 17 heavy (non-hydrogen) atoms. The third-order valence-electron chi connectivity index (χ3n) is 2.62. The first-order valence-electron chi connectivity index (χ1n) is 6.08. The van der Waals surface area contributed by atoms with E-state index in [-0.39, 0.29) is 0 Å². The molecule has 1 heterocycles. The van der Waals surface area contributed by atoms with Gasteiger partial charge in [0.2, 0.25) is 0 Å². The fourth-order valence-electron chi connectivity index (χ4n) is 1.69.